The molecule has 0 unspecified atom stereocenters. The van der Waals surface area contributed by atoms with E-state index in [0.717, 1.165) is 18.7 Å². The number of benzene rings is 1. The molecule has 0 atom stereocenters. The lowest BCUT2D eigenvalue weighted by molar-refractivity contribution is 0.350. The highest BCUT2D eigenvalue weighted by molar-refractivity contribution is 7.10. The number of hydrogen-bond donors (Lipinski definition) is 1. The summed E-state index contributed by atoms with van der Waals surface area (Å²) < 4.78 is 0. The van der Waals surface area contributed by atoms with Crippen LogP contribution >= 0.6 is 11.3 Å². The van der Waals surface area contributed by atoms with Gasteiger partial charge in [0.25, 0.3) is 0 Å². The van der Waals surface area contributed by atoms with Crippen molar-refractivity contribution in [2.24, 2.45) is 0 Å². The minimum atomic E-state index is -0.0815. The fourth-order valence-corrected chi connectivity index (χ4v) is 3.66. The largest absolute Gasteiger partial charge is 0.384 e. The van der Waals surface area contributed by atoms with Gasteiger partial charge in [-0.2, -0.15) is 0 Å². The van der Waals surface area contributed by atoms with Crippen molar-refractivity contribution < 1.29 is 5.11 Å². The summed E-state index contributed by atoms with van der Waals surface area (Å²) >= 11 is 1.75. The second-order valence-electron chi connectivity index (χ2n) is 5.22. The van der Waals surface area contributed by atoms with Crippen molar-refractivity contribution in [1.29, 1.82) is 0 Å². The third kappa shape index (κ3) is 3.29. The van der Waals surface area contributed by atoms with Crippen LogP contribution in [0.1, 0.15) is 28.8 Å². The Labute approximate surface area is 130 Å². The third-order valence-corrected chi connectivity index (χ3v) is 4.74. The molecule has 2 heterocycles. The summed E-state index contributed by atoms with van der Waals surface area (Å²) in [6.45, 7) is 1.92. The number of anilines is 1. The maximum Gasteiger partial charge on any atom is 0.104 e. The second-order valence-corrected chi connectivity index (χ2v) is 6.23. The van der Waals surface area contributed by atoms with Crippen LogP contribution in [0.25, 0.3) is 0 Å². The van der Waals surface area contributed by atoms with E-state index in [-0.39, 0.29) is 6.61 Å². The molecule has 0 radical (unpaired) electrons. The van der Waals surface area contributed by atoms with E-state index in [1.807, 2.05) is 6.07 Å². The van der Waals surface area contributed by atoms with Crippen LogP contribution in [0, 0.1) is 11.8 Å². The van der Waals surface area contributed by atoms with Crippen LogP contribution in [0.15, 0.2) is 35.7 Å². The lowest BCUT2D eigenvalue weighted by Gasteiger charge is -2.24. The summed E-state index contributed by atoms with van der Waals surface area (Å²) in [4.78, 5) is 3.76. The molecule has 21 heavy (non-hydrogen) atoms. The van der Waals surface area contributed by atoms with E-state index < -0.39 is 0 Å². The zero-order valence-electron chi connectivity index (χ0n) is 12.0. The molecule has 0 bridgehead atoms. The Bertz CT molecular complexity index is 665. The first-order chi connectivity index (χ1) is 10.4. The molecular formula is C18H19NOS. The number of nitrogens with zero attached hydrogens (tertiary/aromatic N) is 1. The van der Waals surface area contributed by atoms with E-state index in [1.165, 1.54) is 35.4 Å². The van der Waals surface area contributed by atoms with Crippen LogP contribution < -0.4 is 4.90 Å². The van der Waals surface area contributed by atoms with Crippen molar-refractivity contribution in [3.05, 3.63) is 51.7 Å². The molecule has 0 saturated heterocycles. The number of aryl methyl sites for hydroxylation is 1. The van der Waals surface area contributed by atoms with Gasteiger partial charge in [-0.3, -0.25) is 0 Å². The molecule has 2 aromatic rings. The highest BCUT2D eigenvalue weighted by Crippen LogP contribution is 2.29. The Balaban J connectivity index is 1.86. The number of aliphatic hydroxyl groups is 1. The maximum absolute atomic E-state index is 8.86. The Kier molecular flexibility index (Phi) is 4.59. The molecule has 1 aliphatic heterocycles. The molecule has 0 spiro atoms. The smallest absolute Gasteiger partial charge is 0.104 e. The highest BCUT2D eigenvalue weighted by atomic mass is 32.1. The quantitative estimate of drug-likeness (QED) is 0.858. The molecule has 0 amide bonds. The first kappa shape index (κ1) is 14.2. The van der Waals surface area contributed by atoms with Crippen molar-refractivity contribution in [2.45, 2.75) is 25.8 Å². The summed E-state index contributed by atoms with van der Waals surface area (Å²) in [5.41, 5.74) is 3.87. The molecule has 0 saturated carbocycles. The van der Waals surface area contributed by atoms with Gasteiger partial charge in [-0.25, -0.2) is 0 Å². The average Bonchev–Trinajstić information content (AvgIpc) is 2.85. The molecule has 2 nitrogen and oxygen atoms in total. The monoisotopic (exact) mass is 297 g/mol. The normalized spacial score (nSPS) is 14.0. The maximum atomic E-state index is 8.86. The van der Waals surface area contributed by atoms with Gasteiger partial charge in [0.2, 0.25) is 0 Å². The molecule has 1 aromatic heterocycles. The van der Waals surface area contributed by atoms with Gasteiger partial charge in [-0.15, -0.1) is 11.3 Å². The Morgan fingerprint density at radius 2 is 2.10 bits per heavy atom. The Hall–Kier alpha value is -1.76. The van der Waals surface area contributed by atoms with Crippen LogP contribution in [0.4, 0.5) is 5.69 Å². The van der Waals surface area contributed by atoms with Gasteiger partial charge in [0.1, 0.15) is 6.61 Å². The third-order valence-electron chi connectivity index (χ3n) is 3.84. The standard InChI is InChI=1S/C18H19NOS/c20-12-5-8-16-10-13-21-18(16)14-19-11-4-3-7-15-6-1-2-9-17(15)19/h1-2,6,9-10,13,20H,3-4,7,11-12,14H2. The van der Waals surface area contributed by atoms with E-state index >= 15 is 0 Å². The SMILES string of the molecule is OCC#Cc1ccsc1CN1CCCCc2ccccc21. The zero-order chi connectivity index (χ0) is 14.5. The van der Waals surface area contributed by atoms with Gasteiger partial charge >= 0.3 is 0 Å². The van der Waals surface area contributed by atoms with Crippen LogP contribution in [0.2, 0.25) is 0 Å². The lowest BCUT2D eigenvalue weighted by atomic mass is 10.1. The highest BCUT2D eigenvalue weighted by Gasteiger charge is 2.16. The molecule has 0 fully saturated rings. The van der Waals surface area contributed by atoms with Gasteiger partial charge in [-0.1, -0.05) is 30.0 Å². The summed E-state index contributed by atoms with van der Waals surface area (Å²) in [5.74, 6) is 5.81. The van der Waals surface area contributed by atoms with E-state index in [2.05, 4.69) is 46.4 Å². The molecule has 3 heteroatoms. The summed E-state index contributed by atoms with van der Waals surface area (Å²) in [6, 6.07) is 10.8. The first-order valence-electron chi connectivity index (χ1n) is 7.37. The van der Waals surface area contributed by atoms with E-state index in [0.29, 0.717) is 0 Å². The predicted octanol–water partition coefficient (Wildman–Crippen LogP) is 3.43. The first-order valence-corrected chi connectivity index (χ1v) is 8.25. The minimum Gasteiger partial charge on any atom is -0.384 e. The number of para-hydroxylation sites is 1. The van der Waals surface area contributed by atoms with Crippen molar-refractivity contribution in [3.63, 3.8) is 0 Å². The predicted molar refractivity (Wildman–Crippen MR) is 88.7 cm³/mol. The van der Waals surface area contributed by atoms with Crippen LogP contribution in [0.5, 0.6) is 0 Å². The summed E-state index contributed by atoms with van der Waals surface area (Å²) in [5, 5.41) is 10.9. The second kappa shape index (κ2) is 6.80. The van der Waals surface area contributed by atoms with Gasteiger partial charge < -0.3 is 10.0 Å². The fraction of sp³-hybridized carbons (Fsp3) is 0.333. The van der Waals surface area contributed by atoms with E-state index in [9.17, 15) is 0 Å². The van der Waals surface area contributed by atoms with Crippen molar-refractivity contribution >= 4 is 17.0 Å². The van der Waals surface area contributed by atoms with Gasteiger partial charge in [0.05, 0.1) is 6.54 Å². The molecule has 3 rings (SSSR count). The van der Waals surface area contributed by atoms with E-state index in [1.54, 1.807) is 11.3 Å². The molecule has 0 aliphatic carbocycles. The molecule has 1 aromatic carbocycles. The summed E-state index contributed by atoms with van der Waals surface area (Å²) in [7, 11) is 0. The van der Waals surface area contributed by atoms with Gasteiger partial charge in [-0.05, 0) is 42.3 Å². The van der Waals surface area contributed by atoms with Crippen LogP contribution in [-0.2, 0) is 13.0 Å². The zero-order valence-corrected chi connectivity index (χ0v) is 12.8. The number of hydrogen-bond acceptors (Lipinski definition) is 3. The van der Waals surface area contributed by atoms with Crippen molar-refractivity contribution in [1.82, 2.24) is 0 Å². The van der Waals surface area contributed by atoms with Gasteiger partial charge in [0.15, 0.2) is 0 Å². The summed E-state index contributed by atoms with van der Waals surface area (Å²) in [6.07, 6.45) is 3.67. The number of rotatable bonds is 2. The van der Waals surface area contributed by atoms with Gasteiger partial charge in [0, 0.05) is 22.7 Å². The van der Waals surface area contributed by atoms with Crippen LogP contribution in [-0.4, -0.2) is 18.3 Å². The fourth-order valence-electron chi connectivity index (χ4n) is 2.82. The topological polar surface area (TPSA) is 23.5 Å². The number of aliphatic hydroxyl groups excluding tert-OH is 1. The molecule has 108 valence electrons. The number of thiophene rings is 1. The minimum absolute atomic E-state index is 0.0815. The Morgan fingerprint density at radius 1 is 1.19 bits per heavy atom. The molecule has 1 N–H and O–H groups in total. The average molecular weight is 297 g/mol. The number of fused-ring (bicyclic) bond motifs is 1. The van der Waals surface area contributed by atoms with Crippen molar-refractivity contribution in [2.75, 3.05) is 18.1 Å². The van der Waals surface area contributed by atoms with E-state index in [4.69, 9.17) is 5.11 Å². The Morgan fingerprint density at radius 3 is 3.00 bits per heavy atom. The molecule has 1 aliphatic rings. The van der Waals surface area contributed by atoms with Crippen LogP contribution in [0.3, 0.4) is 0 Å². The molecular weight excluding hydrogens is 278 g/mol. The van der Waals surface area contributed by atoms with Crippen molar-refractivity contribution in [3.8, 4) is 11.8 Å². The lowest BCUT2D eigenvalue weighted by Crippen LogP contribution is -2.23.